The van der Waals surface area contributed by atoms with Crippen LogP contribution in [0.1, 0.15) is 58.9 Å². The van der Waals surface area contributed by atoms with Crippen molar-refractivity contribution >= 4 is 34.9 Å². The summed E-state index contributed by atoms with van der Waals surface area (Å²) in [5, 5.41) is 22.4. The molecule has 0 spiro atoms. The average Bonchev–Trinajstić information content (AvgIpc) is 3.74. The van der Waals surface area contributed by atoms with Crippen molar-refractivity contribution in [3.05, 3.63) is 119 Å². The molecule has 3 heterocycles. The van der Waals surface area contributed by atoms with Crippen molar-refractivity contribution in [2.45, 2.75) is 50.8 Å². The van der Waals surface area contributed by atoms with Crippen LogP contribution < -0.4 is 10.6 Å². The fraction of sp³-hybridized carbons (Fsp3) is 0.278. The molecule has 2 aliphatic rings. The quantitative estimate of drug-likeness (QED) is 0.205. The maximum atomic E-state index is 14.1. The summed E-state index contributed by atoms with van der Waals surface area (Å²) in [5.41, 5.74) is 5.14. The Morgan fingerprint density at radius 3 is 2.48 bits per heavy atom. The molecule has 1 fully saturated rings. The Bertz CT molecular complexity index is 1800. The predicted molar refractivity (Wildman–Crippen MR) is 181 cm³/mol. The highest BCUT2D eigenvalue weighted by Gasteiger charge is 2.42. The van der Waals surface area contributed by atoms with E-state index in [-0.39, 0.29) is 23.8 Å². The van der Waals surface area contributed by atoms with Gasteiger partial charge >= 0.3 is 0 Å². The van der Waals surface area contributed by atoms with Gasteiger partial charge in [0.2, 0.25) is 0 Å². The zero-order chi connectivity index (χ0) is 32.4. The van der Waals surface area contributed by atoms with Crippen LogP contribution in [0.4, 0.5) is 11.5 Å². The molecule has 236 valence electrons. The molecule has 1 saturated heterocycles. The van der Waals surface area contributed by atoms with Gasteiger partial charge in [-0.1, -0.05) is 54.1 Å². The molecule has 2 aromatic heterocycles. The number of hydrogen-bond donors (Lipinski definition) is 3. The van der Waals surface area contributed by atoms with Gasteiger partial charge in [0.05, 0.1) is 34.1 Å². The first-order chi connectivity index (χ1) is 22.2. The molecule has 46 heavy (non-hydrogen) atoms. The highest BCUT2D eigenvalue weighted by molar-refractivity contribution is 6.34. The molecule has 6 rings (SSSR count). The molecule has 0 radical (unpaired) electrons. The number of aliphatic hydroxyl groups excluding tert-OH is 1. The lowest BCUT2D eigenvalue weighted by Gasteiger charge is -2.44. The molecule has 2 amide bonds. The summed E-state index contributed by atoms with van der Waals surface area (Å²) in [6.45, 7) is 4.47. The number of likely N-dealkylation sites (tertiary alicyclic amines) is 1. The molecule has 1 unspecified atom stereocenters. The maximum absolute atomic E-state index is 14.1. The molecule has 4 aromatic rings. The number of nitrogens with zero attached hydrogens (tertiary/aromatic N) is 4. The van der Waals surface area contributed by atoms with E-state index in [1.807, 2.05) is 49.9 Å². The third-order valence-electron chi connectivity index (χ3n) is 8.57. The van der Waals surface area contributed by atoms with Gasteiger partial charge in [-0.3, -0.25) is 14.3 Å². The summed E-state index contributed by atoms with van der Waals surface area (Å²) < 4.78 is 1.83. The largest absolute Gasteiger partial charge is 0.390 e. The van der Waals surface area contributed by atoms with E-state index in [9.17, 15) is 14.7 Å². The zero-order valence-electron chi connectivity index (χ0n) is 26.0. The van der Waals surface area contributed by atoms with Crippen molar-refractivity contribution in [3.8, 4) is 11.3 Å². The van der Waals surface area contributed by atoms with Crippen LogP contribution in [0.5, 0.6) is 0 Å². The van der Waals surface area contributed by atoms with Gasteiger partial charge in [-0.15, -0.1) is 0 Å². The Hall–Kier alpha value is -4.73. The number of aromatic nitrogens is 3. The average molecular weight is 637 g/mol. The first kappa shape index (κ1) is 31.3. The van der Waals surface area contributed by atoms with E-state index >= 15 is 0 Å². The monoisotopic (exact) mass is 636 g/mol. The van der Waals surface area contributed by atoms with Crippen LogP contribution in [0, 0.1) is 0 Å². The second kappa shape index (κ2) is 13.3. The van der Waals surface area contributed by atoms with Gasteiger partial charge in [-0.25, -0.2) is 4.98 Å². The predicted octanol–water partition coefficient (Wildman–Crippen LogP) is 6.45. The summed E-state index contributed by atoms with van der Waals surface area (Å²) in [6, 6.07) is 18.2. The summed E-state index contributed by atoms with van der Waals surface area (Å²) in [7, 11) is 1.91. The minimum absolute atomic E-state index is 0.146. The first-order valence-electron chi connectivity index (χ1n) is 15.5. The number of halogens is 1. The summed E-state index contributed by atoms with van der Waals surface area (Å²) in [5.74, 6) is -0.0977. The molecule has 3 N–H and O–H groups in total. The van der Waals surface area contributed by atoms with E-state index in [0.29, 0.717) is 47.0 Å². The van der Waals surface area contributed by atoms with Gasteiger partial charge in [-0.05, 0) is 79.8 Å². The van der Waals surface area contributed by atoms with Gasteiger partial charge in [0.25, 0.3) is 11.8 Å². The molecular weight excluding hydrogens is 600 g/mol. The van der Waals surface area contributed by atoms with Gasteiger partial charge in [0, 0.05) is 43.5 Å². The highest BCUT2D eigenvalue weighted by Crippen LogP contribution is 2.38. The number of hydrogen-bond acceptors (Lipinski definition) is 6. The normalized spacial score (nSPS) is 19.3. The van der Waals surface area contributed by atoms with E-state index in [1.165, 1.54) is 6.20 Å². The van der Waals surface area contributed by atoms with Crippen LogP contribution in [-0.4, -0.2) is 61.3 Å². The van der Waals surface area contributed by atoms with E-state index in [2.05, 4.69) is 45.0 Å². The fourth-order valence-electron chi connectivity index (χ4n) is 6.27. The lowest BCUT2D eigenvalue weighted by molar-refractivity contribution is 0.0114. The number of amides is 2. The van der Waals surface area contributed by atoms with Crippen molar-refractivity contribution in [1.29, 1.82) is 0 Å². The van der Waals surface area contributed by atoms with Crippen LogP contribution in [-0.2, 0) is 7.05 Å². The van der Waals surface area contributed by atoms with Crippen molar-refractivity contribution in [1.82, 2.24) is 19.7 Å². The lowest BCUT2D eigenvalue weighted by atomic mass is 9.79. The third kappa shape index (κ3) is 6.47. The van der Waals surface area contributed by atoms with E-state index < -0.39 is 12.1 Å². The molecular formula is C36H37ClN6O3. The Labute approximate surface area is 273 Å². The molecule has 10 heteroatoms. The third-order valence-corrected chi connectivity index (χ3v) is 8.90. The number of pyridine rings is 1. The van der Waals surface area contributed by atoms with Crippen molar-refractivity contribution in [2.75, 3.05) is 17.2 Å². The maximum Gasteiger partial charge on any atom is 0.257 e. The fourth-order valence-corrected chi connectivity index (χ4v) is 6.43. The number of rotatable bonds is 8. The van der Waals surface area contributed by atoms with Gasteiger partial charge in [-0.2, -0.15) is 5.10 Å². The Kier molecular flexibility index (Phi) is 9.05. The van der Waals surface area contributed by atoms with Gasteiger partial charge in [0.15, 0.2) is 0 Å². The zero-order valence-corrected chi connectivity index (χ0v) is 26.8. The van der Waals surface area contributed by atoms with Crippen LogP contribution >= 0.6 is 11.6 Å². The Morgan fingerprint density at radius 1 is 1.04 bits per heavy atom. The van der Waals surface area contributed by atoms with E-state index in [4.69, 9.17) is 11.6 Å². The standard InChI is InChI=1S/C36H37ClN6O3/c1-22(2)40-32-15-13-27(21-38-32)35(45)41-30-20-26(12-14-29(30)37)36(46)43-19-17-28(34(44)33(43)25-6-4-5-7-25)23-8-10-24(11-9-23)31-16-18-39-42(31)3/h4-6,8-16,18,20-22,28,33-34,44H,7,17,19H2,1-3H3,(H,38,40)(H,41,45)/t28-,33?,34-/m1/s1. The van der Waals surface area contributed by atoms with E-state index in [1.54, 1.807) is 41.4 Å². The molecule has 0 saturated carbocycles. The first-order valence-corrected chi connectivity index (χ1v) is 15.8. The summed E-state index contributed by atoms with van der Waals surface area (Å²) in [4.78, 5) is 33.2. The number of aliphatic hydroxyl groups is 1. The van der Waals surface area contributed by atoms with Gasteiger partial charge in [0.1, 0.15) is 5.82 Å². The number of nitrogens with one attached hydrogen (secondary N) is 2. The number of carbonyl (C=O) groups excluding carboxylic acids is 2. The molecule has 1 aliphatic carbocycles. The number of anilines is 2. The second-order valence-electron chi connectivity index (χ2n) is 12.0. The van der Waals surface area contributed by atoms with Crippen LogP contribution in [0.25, 0.3) is 11.3 Å². The SMILES string of the molecule is CC(C)Nc1ccc(C(=O)Nc2cc(C(=O)N3CC[C@H](c4ccc(-c5ccnn5C)cc4)[C@@H](O)C3C3=CC=CC3)ccc2Cl)cn1. The molecule has 2 aromatic carbocycles. The van der Waals surface area contributed by atoms with E-state index in [0.717, 1.165) is 22.4 Å². The van der Waals surface area contributed by atoms with Crippen molar-refractivity contribution in [2.24, 2.45) is 7.05 Å². The Balaban J connectivity index is 1.21. The highest BCUT2D eigenvalue weighted by atomic mass is 35.5. The second-order valence-corrected chi connectivity index (χ2v) is 12.5. The van der Waals surface area contributed by atoms with Crippen LogP contribution in [0.2, 0.25) is 5.02 Å². The topological polar surface area (TPSA) is 112 Å². The smallest absolute Gasteiger partial charge is 0.257 e. The summed E-state index contributed by atoms with van der Waals surface area (Å²) >= 11 is 6.47. The number of aryl methyl sites for hydroxylation is 1. The number of benzene rings is 2. The van der Waals surface area contributed by atoms with Gasteiger partial charge < -0.3 is 20.6 Å². The minimum Gasteiger partial charge on any atom is -0.390 e. The minimum atomic E-state index is -0.807. The lowest BCUT2D eigenvalue weighted by Crippen LogP contribution is -2.54. The summed E-state index contributed by atoms with van der Waals surface area (Å²) in [6.07, 6.45) is 9.71. The van der Waals surface area contributed by atoms with Crippen LogP contribution in [0.15, 0.2) is 96.9 Å². The number of piperidine rings is 1. The number of carbonyl (C=O) groups is 2. The van der Waals surface area contributed by atoms with Crippen molar-refractivity contribution in [3.63, 3.8) is 0 Å². The van der Waals surface area contributed by atoms with Crippen LogP contribution in [0.3, 0.4) is 0 Å². The Morgan fingerprint density at radius 2 is 1.83 bits per heavy atom. The molecule has 0 bridgehead atoms. The molecule has 3 atom stereocenters. The molecule has 9 nitrogen and oxygen atoms in total. The molecule has 1 aliphatic heterocycles. The number of allylic oxidation sites excluding steroid dienone is 3. The van der Waals surface area contributed by atoms with Crippen molar-refractivity contribution < 1.29 is 14.7 Å².